The molecule has 3 unspecified atom stereocenters. The highest BCUT2D eigenvalue weighted by atomic mass is 35.5. The van der Waals surface area contributed by atoms with Gasteiger partial charge in [-0.25, -0.2) is 0 Å². The predicted octanol–water partition coefficient (Wildman–Crippen LogP) is 0.106. The lowest BCUT2D eigenvalue weighted by Crippen LogP contribution is -3.00. The number of fused-ring (bicyclic) bond motifs is 4. The maximum absolute atomic E-state index is 9.80. The van der Waals surface area contributed by atoms with Crippen LogP contribution in [0.25, 0.3) is 0 Å². The molecule has 2 aliphatic rings. The number of likely N-dealkylation sites (tertiary alicyclic amines) is 1. The Morgan fingerprint density at radius 2 is 2.25 bits per heavy atom. The second kappa shape index (κ2) is 5.42. The Morgan fingerprint density at radius 1 is 1.50 bits per heavy atom. The van der Waals surface area contributed by atoms with Crippen molar-refractivity contribution < 1.29 is 17.5 Å². The molecule has 0 aromatic heterocycles. The quantitative estimate of drug-likeness (QED) is 0.782. The Balaban J connectivity index is 0.00000147. The molecule has 2 bridgehead atoms. The molecule has 20 heavy (non-hydrogen) atoms. The largest absolute Gasteiger partial charge is 1.00 e. The summed E-state index contributed by atoms with van der Waals surface area (Å²) >= 11 is 0. The summed E-state index contributed by atoms with van der Waals surface area (Å²) < 4.78 is 0. The number of phenolic OH excluding ortho intramolecular Hbond substituents is 1. The highest BCUT2D eigenvalue weighted by Crippen LogP contribution is 2.49. The Hall–Kier alpha value is -0.990. The summed E-state index contributed by atoms with van der Waals surface area (Å²) in [6, 6.07) is 6.53. The zero-order valence-electron chi connectivity index (χ0n) is 12.3. The third-order valence-electron chi connectivity index (χ3n) is 5.47. The van der Waals surface area contributed by atoms with Crippen LogP contribution in [-0.4, -0.2) is 29.1 Å². The zero-order chi connectivity index (χ0) is 13.6. The van der Waals surface area contributed by atoms with Gasteiger partial charge in [0.15, 0.2) is 0 Å². The zero-order valence-corrected chi connectivity index (χ0v) is 13.0. The molecule has 1 heterocycles. The molecule has 0 saturated carbocycles. The van der Waals surface area contributed by atoms with E-state index < -0.39 is 0 Å². The summed E-state index contributed by atoms with van der Waals surface area (Å²) in [5.41, 5.74) is 2.99. The molecule has 3 rings (SSSR count). The number of piperidine rings is 1. The molecule has 2 nitrogen and oxygen atoms in total. The normalized spacial score (nSPS) is 32.1. The second-order valence-corrected chi connectivity index (χ2v) is 6.35. The number of aromatic hydroxyl groups is 1. The summed E-state index contributed by atoms with van der Waals surface area (Å²) in [4.78, 5) is 2.56. The lowest BCUT2D eigenvalue weighted by atomic mass is 9.59. The lowest BCUT2D eigenvalue weighted by molar-refractivity contribution is -0.00000562. The van der Waals surface area contributed by atoms with Gasteiger partial charge in [0.1, 0.15) is 5.75 Å². The number of benzene rings is 1. The van der Waals surface area contributed by atoms with E-state index in [4.69, 9.17) is 0 Å². The minimum Gasteiger partial charge on any atom is -1.00 e. The third-order valence-corrected chi connectivity index (χ3v) is 5.47. The smallest absolute Gasteiger partial charge is 0.115 e. The molecule has 0 amide bonds. The van der Waals surface area contributed by atoms with Gasteiger partial charge in [0.05, 0.1) is 0 Å². The van der Waals surface area contributed by atoms with Crippen LogP contribution < -0.4 is 12.4 Å². The van der Waals surface area contributed by atoms with E-state index in [0.29, 0.717) is 17.7 Å². The molecule has 3 heteroatoms. The van der Waals surface area contributed by atoms with Gasteiger partial charge in [0.2, 0.25) is 0 Å². The van der Waals surface area contributed by atoms with Crippen LogP contribution in [0.4, 0.5) is 0 Å². The van der Waals surface area contributed by atoms with Gasteiger partial charge >= 0.3 is 0 Å². The van der Waals surface area contributed by atoms with E-state index in [2.05, 4.69) is 31.4 Å². The van der Waals surface area contributed by atoms with Crippen molar-refractivity contribution in [3.05, 3.63) is 42.0 Å². The fourth-order valence-electron chi connectivity index (χ4n) is 4.09. The molecule has 1 fully saturated rings. The maximum atomic E-state index is 9.80. The summed E-state index contributed by atoms with van der Waals surface area (Å²) in [5, 5.41) is 9.80. The molecule has 1 aromatic carbocycles. The predicted molar refractivity (Wildman–Crippen MR) is 78.5 cm³/mol. The molecule has 1 aliphatic heterocycles. The Morgan fingerprint density at radius 3 is 2.95 bits per heavy atom. The summed E-state index contributed by atoms with van der Waals surface area (Å²) in [6.45, 7) is 10.7. The fraction of sp³-hybridized carbons (Fsp3) is 0.529. The van der Waals surface area contributed by atoms with E-state index in [1.54, 1.807) is 0 Å². The van der Waals surface area contributed by atoms with Crippen molar-refractivity contribution in [1.29, 1.82) is 0 Å². The Kier molecular flexibility index (Phi) is 4.17. The summed E-state index contributed by atoms with van der Waals surface area (Å²) in [7, 11) is 0. The molecule has 1 aromatic rings. The van der Waals surface area contributed by atoms with E-state index in [-0.39, 0.29) is 17.8 Å². The SMILES string of the molecule is C=CCN1CCC2(C)c3cc(O)ccc3CC1C2C.[Cl-]. The van der Waals surface area contributed by atoms with Crippen molar-refractivity contribution in [2.24, 2.45) is 5.92 Å². The van der Waals surface area contributed by atoms with Gasteiger partial charge in [0, 0.05) is 12.6 Å². The number of rotatable bonds is 2. The van der Waals surface area contributed by atoms with Crippen molar-refractivity contribution in [2.75, 3.05) is 13.1 Å². The first-order valence-corrected chi connectivity index (χ1v) is 7.23. The molecule has 1 aliphatic carbocycles. The van der Waals surface area contributed by atoms with E-state index in [0.717, 1.165) is 25.9 Å². The first-order valence-electron chi connectivity index (χ1n) is 7.23. The summed E-state index contributed by atoms with van der Waals surface area (Å²) in [6.07, 6.45) is 4.27. The molecule has 110 valence electrons. The highest BCUT2D eigenvalue weighted by Gasteiger charge is 2.48. The van der Waals surface area contributed by atoms with Crippen molar-refractivity contribution in [1.82, 2.24) is 4.90 Å². The minimum absolute atomic E-state index is 0. The Labute approximate surface area is 127 Å². The number of phenols is 1. The average Bonchev–Trinajstić information content (AvgIpc) is 2.38. The van der Waals surface area contributed by atoms with Crippen LogP contribution in [0, 0.1) is 5.92 Å². The first-order chi connectivity index (χ1) is 9.06. The summed E-state index contributed by atoms with van der Waals surface area (Å²) in [5.74, 6) is 1.02. The van der Waals surface area contributed by atoms with Crippen LogP contribution in [0.3, 0.4) is 0 Å². The monoisotopic (exact) mass is 292 g/mol. The third kappa shape index (κ3) is 2.15. The van der Waals surface area contributed by atoms with Crippen LogP contribution in [0.1, 0.15) is 31.4 Å². The van der Waals surface area contributed by atoms with E-state index in [1.165, 1.54) is 11.1 Å². The molecule has 1 saturated heterocycles. The lowest BCUT2D eigenvalue weighted by Gasteiger charge is -2.54. The van der Waals surface area contributed by atoms with Crippen LogP contribution in [-0.2, 0) is 11.8 Å². The van der Waals surface area contributed by atoms with Gasteiger partial charge < -0.3 is 17.5 Å². The standard InChI is InChI=1S/C17H23NO.ClH/c1-4-8-18-9-7-17(3)12(2)16(18)10-13-5-6-14(19)11-15(13)17;/h4-6,11-12,16,19H,1,7-10H2,2-3H3;1H/p-1. The fourth-order valence-corrected chi connectivity index (χ4v) is 4.09. The van der Waals surface area contributed by atoms with E-state index >= 15 is 0 Å². The molecular formula is C17H23ClNO-. The van der Waals surface area contributed by atoms with Crippen LogP contribution in [0.15, 0.2) is 30.9 Å². The number of halogens is 1. The number of hydrogen-bond acceptors (Lipinski definition) is 2. The van der Waals surface area contributed by atoms with E-state index in [1.807, 2.05) is 18.2 Å². The van der Waals surface area contributed by atoms with Crippen molar-refractivity contribution >= 4 is 0 Å². The van der Waals surface area contributed by atoms with E-state index in [9.17, 15) is 5.11 Å². The van der Waals surface area contributed by atoms with Crippen molar-refractivity contribution in [3.8, 4) is 5.75 Å². The van der Waals surface area contributed by atoms with Gasteiger partial charge in [0.25, 0.3) is 0 Å². The van der Waals surface area contributed by atoms with Crippen LogP contribution in [0.2, 0.25) is 0 Å². The minimum atomic E-state index is 0. The van der Waals surface area contributed by atoms with Crippen molar-refractivity contribution in [2.45, 2.75) is 38.1 Å². The van der Waals surface area contributed by atoms with Gasteiger partial charge in [-0.15, -0.1) is 6.58 Å². The molecule has 0 radical (unpaired) electrons. The molecular weight excluding hydrogens is 270 g/mol. The molecule has 3 atom stereocenters. The average molecular weight is 293 g/mol. The first kappa shape index (κ1) is 15.4. The van der Waals surface area contributed by atoms with Crippen LogP contribution in [0.5, 0.6) is 5.75 Å². The van der Waals surface area contributed by atoms with Crippen molar-refractivity contribution in [3.63, 3.8) is 0 Å². The van der Waals surface area contributed by atoms with Crippen LogP contribution >= 0.6 is 0 Å². The molecule has 0 spiro atoms. The number of nitrogens with zero attached hydrogens (tertiary/aromatic N) is 1. The number of hydrogen-bond donors (Lipinski definition) is 1. The maximum Gasteiger partial charge on any atom is 0.115 e. The topological polar surface area (TPSA) is 23.5 Å². The van der Waals surface area contributed by atoms with Gasteiger partial charge in [-0.2, -0.15) is 0 Å². The van der Waals surface area contributed by atoms with Gasteiger partial charge in [-0.05, 0) is 54.0 Å². The van der Waals surface area contributed by atoms with Gasteiger partial charge in [-0.1, -0.05) is 26.0 Å². The second-order valence-electron chi connectivity index (χ2n) is 6.35. The highest BCUT2D eigenvalue weighted by molar-refractivity contribution is 5.44. The Bertz CT molecular complexity index is 516. The molecule has 1 N–H and O–H groups in total. The van der Waals surface area contributed by atoms with Gasteiger partial charge in [-0.3, -0.25) is 4.90 Å².